The Balaban J connectivity index is 1.95. The maximum absolute atomic E-state index is 12.0. The highest BCUT2D eigenvalue weighted by Gasteiger charge is 2.25. The number of nitrogens with one attached hydrogen (secondary N) is 1. The van der Waals surface area contributed by atoms with Crippen molar-refractivity contribution in [2.75, 3.05) is 13.1 Å². The Morgan fingerprint density at radius 2 is 2.28 bits per heavy atom. The minimum Gasteiger partial charge on any atom is -0.345 e. The summed E-state index contributed by atoms with van der Waals surface area (Å²) in [6.07, 6.45) is 1.23. The average Bonchev–Trinajstić information content (AvgIpc) is 2.69. The monoisotopic (exact) mass is 330 g/mol. The first-order chi connectivity index (χ1) is 8.56. The fraction of sp³-hybridized carbons (Fsp3) is 0.500. The zero-order valence-electron chi connectivity index (χ0n) is 10.1. The van der Waals surface area contributed by atoms with E-state index < -0.39 is 6.04 Å². The molecule has 1 saturated heterocycles. The molecule has 1 aromatic rings. The normalized spacial score (nSPS) is 20.8. The topological polar surface area (TPSA) is 49.4 Å². The summed E-state index contributed by atoms with van der Waals surface area (Å²) in [6, 6.07) is 3.66. The van der Waals surface area contributed by atoms with Crippen molar-refractivity contribution in [1.29, 1.82) is 0 Å². The minimum absolute atomic E-state index is 0.0106. The quantitative estimate of drug-likeness (QED) is 0.918. The summed E-state index contributed by atoms with van der Waals surface area (Å²) in [7, 11) is 0. The van der Waals surface area contributed by atoms with Crippen LogP contribution in [0.3, 0.4) is 0 Å². The predicted molar refractivity (Wildman–Crippen MR) is 74.5 cm³/mol. The summed E-state index contributed by atoms with van der Waals surface area (Å²) in [5, 5.41) is 2.69. The fourth-order valence-electron chi connectivity index (χ4n) is 1.95. The fourth-order valence-corrected chi connectivity index (χ4v) is 3.42. The van der Waals surface area contributed by atoms with E-state index in [2.05, 4.69) is 27.3 Å². The number of amides is 2. The summed E-state index contributed by atoms with van der Waals surface area (Å²) in [5.41, 5.74) is 0. The van der Waals surface area contributed by atoms with E-state index in [-0.39, 0.29) is 11.8 Å². The molecule has 0 aromatic carbocycles. The van der Waals surface area contributed by atoms with Crippen LogP contribution in [0, 0.1) is 0 Å². The Morgan fingerprint density at radius 1 is 1.50 bits per heavy atom. The molecule has 1 aromatic heterocycles. The lowest BCUT2D eigenvalue weighted by molar-refractivity contribution is -0.133. The van der Waals surface area contributed by atoms with E-state index in [0.717, 1.165) is 10.2 Å². The lowest BCUT2D eigenvalue weighted by Gasteiger charge is -2.21. The molecule has 1 N–H and O–H groups in total. The van der Waals surface area contributed by atoms with Gasteiger partial charge in [0.25, 0.3) is 0 Å². The maximum Gasteiger partial charge on any atom is 0.244 e. The van der Waals surface area contributed by atoms with Crippen molar-refractivity contribution >= 4 is 39.1 Å². The Morgan fingerprint density at radius 3 is 2.94 bits per heavy atom. The molecule has 0 aliphatic carbocycles. The SMILES string of the molecule is CC1NC(=O)CCN(CCc2ccc(Br)s2)C1=O. The lowest BCUT2D eigenvalue weighted by Crippen LogP contribution is -2.43. The van der Waals surface area contributed by atoms with Gasteiger partial charge in [0.1, 0.15) is 6.04 Å². The van der Waals surface area contributed by atoms with Gasteiger partial charge in [-0.2, -0.15) is 0 Å². The third kappa shape index (κ3) is 3.32. The van der Waals surface area contributed by atoms with Gasteiger partial charge in [0.05, 0.1) is 3.79 Å². The number of hydrogen-bond donors (Lipinski definition) is 1. The van der Waals surface area contributed by atoms with E-state index in [1.165, 1.54) is 4.88 Å². The lowest BCUT2D eigenvalue weighted by atomic mass is 10.2. The van der Waals surface area contributed by atoms with E-state index in [4.69, 9.17) is 0 Å². The highest BCUT2D eigenvalue weighted by Crippen LogP contribution is 2.22. The average molecular weight is 331 g/mol. The van der Waals surface area contributed by atoms with Gasteiger partial charge in [0, 0.05) is 24.4 Å². The van der Waals surface area contributed by atoms with E-state index in [1.54, 1.807) is 23.2 Å². The second-order valence-electron chi connectivity index (χ2n) is 4.32. The van der Waals surface area contributed by atoms with Gasteiger partial charge in [-0.1, -0.05) is 0 Å². The smallest absolute Gasteiger partial charge is 0.244 e. The third-order valence-corrected chi connectivity index (χ3v) is 4.61. The predicted octanol–water partition coefficient (Wildman–Crippen LogP) is 1.79. The van der Waals surface area contributed by atoms with Crippen molar-refractivity contribution in [2.24, 2.45) is 0 Å². The summed E-state index contributed by atoms with van der Waals surface area (Å²) in [4.78, 5) is 26.4. The molecule has 1 atom stereocenters. The Labute approximate surface area is 118 Å². The Bertz CT molecular complexity index is 461. The van der Waals surface area contributed by atoms with Crippen LogP contribution < -0.4 is 5.32 Å². The Hall–Kier alpha value is -0.880. The molecule has 2 rings (SSSR count). The molecule has 2 heterocycles. The van der Waals surface area contributed by atoms with Crippen LogP contribution in [0.25, 0.3) is 0 Å². The van der Waals surface area contributed by atoms with Gasteiger partial charge in [-0.25, -0.2) is 0 Å². The van der Waals surface area contributed by atoms with Gasteiger partial charge in [-0.05, 0) is 41.4 Å². The van der Waals surface area contributed by atoms with Crippen LogP contribution in [-0.4, -0.2) is 35.8 Å². The van der Waals surface area contributed by atoms with Crippen LogP contribution in [0.5, 0.6) is 0 Å². The first-order valence-corrected chi connectivity index (χ1v) is 7.49. The third-order valence-electron chi connectivity index (χ3n) is 2.93. The van der Waals surface area contributed by atoms with Crippen LogP contribution in [0.15, 0.2) is 15.9 Å². The van der Waals surface area contributed by atoms with Crippen molar-refractivity contribution in [3.05, 3.63) is 20.8 Å². The van der Waals surface area contributed by atoms with Gasteiger partial charge in [-0.3, -0.25) is 9.59 Å². The molecule has 1 fully saturated rings. The van der Waals surface area contributed by atoms with Gasteiger partial charge < -0.3 is 10.2 Å². The Kier molecular flexibility index (Phi) is 4.40. The first-order valence-electron chi connectivity index (χ1n) is 5.88. The summed E-state index contributed by atoms with van der Waals surface area (Å²) in [6.45, 7) is 2.92. The highest BCUT2D eigenvalue weighted by molar-refractivity contribution is 9.11. The second kappa shape index (κ2) is 5.84. The molecule has 18 heavy (non-hydrogen) atoms. The molecule has 1 aliphatic rings. The summed E-state index contributed by atoms with van der Waals surface area (Å²) < 4.78 is 1.10. The number of rotatable bonds is 3. The van der Waals surface area contributed by atoms with Crippen LogP contribution in [0.1, 0.15) is 18.2 Å². The number of thiophene rings is 1. The maximum atomic E-state index is 12.0. The second-order valence-corrected chi connectivity index (χ2v) is 6.87. The number of halogens is 1. The van der Waals surface area contributed by atoms with Crippen molar-refractivity contribution in [1.82, 2.24) is 10.2 Å². The molecule has 0 bridgehead atoms. The van der Waals surface area contributed by atoms with Crippen LogP contribution >= 0.6 is 27.3 Å². The summed E-state index contributed by atoms with van der Waals surface area (Å²) >= 11 is 5.10. The van der Waals surface area contributed by atoms with Crippen LogP contribution in [-0.2, 0) is 16.0 Å². The number of hydrogen-bond acceptors (Lipinski definition) is 3. The van der Waals surface area contributed by atoms with Gasteiger partial charge in [0.15, 0.2) is 0 Å². The molecule has 0 spiro atoms. The van der Waals surface area contributed by atoms with E-state index in [0.29, 0.717) is 19.5 Å². The van der Waals surface area contributed by atoms with Crippen molar-refractivity contribution in [3.8, 4) is 0 Å². The zero-order chi connectivity index (χ0) is 13.1. The van der Waals surface area contributed by atoms with E-state index in [1.807, 2.05) is 6.07 Å². The first kappa shape index (κ1) is 13.5. The molecular weight excluding hydrogens is 316 g/mol. The molecule has 98 valence electrons. The molecule has 4 nitrogen and oxygen atoms in total. The molecule has 2 amide bonds. The van der Waals surface area contributed by atoms with E-state index in [9.17, 15) is 9.59 Å². The van der Waals surface area contributed by atoms with Gasteiger partial charge >= 0.3 is 0 Å². The van der Waals surface area contributed by atoms with Crippen molar-refractivity contribution in [2.45, 2.75) is 25.8 Å². The van der Waals surface area contributed by atoms with Crippen LogP contribution in [0.4, 0.5) is 0 Å². The van der Waals surface area contributed by atoms with Crippen LogP contribution in [0.2, 0.25) is 0 Å². The van der Waals surface area contributed by atoms with Gasteiger partial charge in [0.2, 0.25) is 11.8 Å². The van der Waals surface area contributed by atoms with E-state index >= 15 is 0 Å². The zero-order valence-corrected chi connectivity index (χ0v) is 12.5. The number of carbonyl (C=O) groups is 2. The molecule has 0 saturated carbocycles. The standard InChI is InChI=1S/C12H15BrN2O2S/c1-8-12(17)15(7-5-11(16)14-8)6-4-9-2-3-10(13)18-9/h2-3,8H,4-7H2,1H3,(H,14,16). The number of nitrogens with zero attached hydrogens (tertiary/aromatic N) is 1. The molecule has 1 unspecified atom stereocenters. The highest BCUT2D eigenvalue weighted by atomic mass is 79.9. The molecule has 6 heteroatoms. The van der Waals surface area contributed by atoms with Crippen molar-refractivity contribution < 1.29 is 9.59 Å². The molecular formula is C12H15BrN2O2S. The van der Waals surface area contributed by atoms with Gasteiger partial charge in [-0.15, -0.1) is 11.3 Å². The summed E-state index contributed by atoms with van der Waals surface area (Å²) in [5.74, 6) is -0.0336. The number of carbonyl (C=O) groups excluding carboxylic acids is 2. The minimum atomic E-state index is -0.407. The molecule has 0 radical (unpaired) electrons. The largest absolute Gasteiger partial charge is 0.345 e. The van der Waals surface area contributed by atoms with Crippen molar-refractivity contribution in [3.63, 3.8) is 0 Å². The molecule has 1 aliphatic heterocycles.